The van der Waals surface area contributed by atoms with Gasteiger partial charge in [0.05, 0.1) is 17.7 Å². The van der Waals surface area contributed by atoms with E-state index in [0.717, 1.165) is 71.8 Å². The van der Waals surface area contributed by atoms with E-state index < -0.39 is 5.60 Å². The molecule has 218 valence electrons. The molecule has 2 aromatic carbocycles. The number of aryl methyl sites for hydroxylation is 1. The number of pyridine rings is 1. The molecule has 0 bridgehead atoms. The van der Waals surface area contributed by atoms with Crippen LogP contribution >= 0.6 is 0 Å². The number of ketones is 1. The van der Waals surface area contributed by atoms with Crippen LogP contribution in [0.4, 0.5) is 4.79 Å². The molecule has 1 N–H and O–H groups in total. The number of hydrogen-bond acceptors (Lipinski definition) is 6. The second kappa shape index (κ2) is 12.3. The summed E-state index contributed by atoms with van der Waals surface area (Å²) in [5.74, 6) is 0.0420. The molecule has 1 saturated heterocycles. The molecule has 8 heteroatoms. The zero-order chi connectivity index (χ0) is 29.9. The number of aromatic nitrogens is 3. The van der Waals surface area contributed by atoms with Crippen molar-refractivity contribution in [2.24, 2.45) is 0 Å². The summed E-state index contributed by atoms with van der Waals surface area (Å²) in [4.78, 5) is 35.9. The van der Waals surface area contributed by atoms with Gasteiger partial charge < -0.3 is 14.6 Å². The van der Waals surface area contributed by atoms with E-state index in [2.05, 4.69) is 39.5 Å². The Morgan fingerprint density at radius 2 is 1.83 bits per heavy atom. The third-order valence-corrected chi connectivity index (χ3v) is 7.28. The van der Waals surface area contributed by atoms with Crippen molar-refractivity contribution in [1.82, 2.24) is 24.8 Å². The van der Waals surface area contributed by atoms with E-state index in [4.69, 9.17) is 9.72 Å². The number of amides is 1. The number of likely N-dealkylation sites (tertiary alicyclic amines) is 1. The van der Waals surface area contributed by atoms with Crippen molar-refractivity contribution in [2.75, 3.05) is 13.1 Å². The fourth-order valence-electron chi connectivity index (χ4n) is 5.36. The number of rotatable bonds is 7. The molecule has 1 aliphatic heterocycles. The monoisotopic (exact) mass is 565 g/mol. The van der Waals surface area contributed by atoms with Crippen LogP contribution in [0.15, 0.2) is 73.3 Å². The molecule has 0 saturated carbocycles. The summed E-state index contributed by atoms with van der Waals surface area (Å²) in [6.07, 6.45) is 7.22. The first-order valence-corrected chi connectivity index (χ1v) is 14.5. The maximum absolute atomic E-state index is 12.4. The van der Waals surface area contributed by atoms with Crippen LogP contribution in [-0.4, -0.2) is 56.0 Å². The summed E-state index contributed by atoms with van der Waals surface area (Å²) in [6, 6.07) is 18.3. The van der Waals surface area contributed by atoms with Gasteiger partial charge in [-0.1, -0.05) is 18.2 Å². The van der Waals surface area contributed by atoms with Crippen molar-refractivity contribution in [1.29, 1.82) is 0 Å². The SMILES string of the molecule is CC(=O)c1cccc(-c2ccnc(-c3cc(CN4CCCC(NC(=O)OC(C)(C)C)C4)cc(-n4cnc(C)c4)c3)c2)c1. The van der Waals surface area contributed by atoms with E-state index in [1.165, 1.54) is 0 Å². The Labute approximate surface area is 247 Å². The lowest BCUT2D eigenvalue weighted by Gasteiger charge is -2.33. The van der Waals surface area contributed by atoms with Gasteiger partial charge in [-0.15, -0.1) is 0 Å². The molecule has 4 aromatic rings. The minimum Gasteiger partial charge on any atom is -0.444 e. The second-order valence-corrected chi connectivity index (χ2v) is 12.1. The highest BCUT2D eigenvalue weighted by Crippen LogP contribution is 2.29. The zero-order valence-corrected chi connectivity index (χ0v) is 25.1. The molecule has 1 atom stereocenters. The maximum atomic E-state index is 12.4. The number of hydrogen-bond donors (Lipinski definition) is 1. The minimum atomic E-state index is -0.525. The van der Waals surface area contributed by atoms with Gasteiger partial charge in [-0.05, 0) is 107 Å². The van der Waals surface area contributed by atoms with E-state index >= 15 is 0 Å². The van der Waals surface area contributed by atoms with Crippen LogP contribution in [0.5, 0.6) is 0 Å². The smallest absolute Gasteiger partial charge is 0.407 e. The summed E-state index contributed by atoms with van der Waals surface area (Å²) in [6.45, 7) is 11.6. The first-order valence-electron chi connectivity index (χ1n) is 14.5. The second-order valence-electron chi connectivity index (χ2n) is 12.1. The quantitative estimate of drug-likeness (QED) is 0.254. The number of Topliss-reactive ketones (excluding diaryl/α,β-unsaturated/α-hetero) is 1. The van der Waals surface area contributed by atoms with Gasteiger partial charge in [0.1, 0.15) is 5.60 Å². The number of alkyl carbamates (subject to hydrolysis) is 1. The van der Waals surface area contributed by atoms with Crippen molar-refractivity contribution in [2.45, 2.75) is 65.6 Å². The molecule has 42 heavy (non-hydrogen) atoms. The number of carbonyl (C=O) groups is 2. The number of piperidine rings is 1. The summed E-state index contributed by atoms with van der Waals surface area (Å²) in [7, 11) is 0. The minimum absolute atomic E-state index is 0.0386. The van der Waals surface area contributed by atoms with Crippen LogP contribution in [0.2, 0.25) is 0 Å². The molecule has 1 amide bonds. The van der Waals surface area contributed by atoms with E-state index in [0.29, 0.717) is 5.56 Å². The molecule has 2 aromatic heterocycles. The van der Waals surface area contributed by atoms with Gasteiger partial charge in [0, 0.05) is 48.3 Å². The first-order chi connectivity index (χ1) is 20.0. The molecular formula is C34H39N5O3. The van der Waals surface area contributed by atoms with Crippen molar-refractivity contribution in [3.63, 3.8) is 0 Å². The number of benzene rings is 2. The molecule has 1 aliphatic rings. The normalized spacial score (nSPS) is 15.8. The summed E-state index contributed by atoms with van der Waals surface area (Å²) >= 11 is 0. The van der Waals surface area contributed by atoms with E-state index in [9.17, 15) is 9.59 Å². The summed E-state index contributed by atoms with van der Waals surface area (Å²) < 4.78 is 7.52. The van der Waals surface area contributed by atoms with Crippen LogP contribution in [0.25, 0.3) is 28.1 Å². The Bertz CT molecular complexity index is 1590. The number of carbonyl (C=O) groups excluding carboxylic acids is 2. The standard InChI is InChI=1S/C34H39N5O3/c1-23-19-39(22-36-23)31-15-25(20-38-13-7-10-30(21-38)37-33(41)42-34(3,4)5)14-29(17-31)32-18-28(11-12-35-32)27-9-6-8-26(16-27)24(2)40/h6,8-9,11-12,14-19,22,30H,7,10,13,20-21H2,1-5H3,(H,37,41). The lowest BCUT2D eigenvalue weighted by Crippen LogP contribution is -2.48. The Morgan fingerprint density at radius 3 is 2.57 bits per heavy atom. The molecule has 0 spiro atoms. The van der Waals surface area contributed by atoms with Gasteiger partial charge >= 0.3 is 6.09 Å². The summed E-state index contributed by atoms with van der Waals surface area (Å²) in [5, 5.41) is 3.05. The Morgan fingerprint density at radius 1 is 1.02 bits per heavy atom. The van der Waals surface area contributed by atoms with Crippen molar-refractivity contribution < 1.29 is 14.3 Å². The largest absolute Gasteiger partial charge is 0.444 e. The third kappa shape index (κ3) is 7.50. The lowest BCUT2D eigenvalue weighted by molar-refractivity contribution is 0.0470. The molecule has 8 nitrogen and oxygen atoms in total. The molecule has 5 rings (SSSR count). The van der Waals surface area contributed by atoms with Crippen molar-refractivity contribution in [3.8, 4) is 28.1 Å². The van der Waals surface area contributed by atoms with E-state index in [-0.39, 0.29) is 17.9 Å². The summed E-state index contributed by atoms with van der Waals surface area (Å²) in [5.41, 5.74) is 7.09. The number of imidazole rings is 1. The Hall–Kier alpha value is -4.30. The number of nitrogens with zero attached hydrogens (tertiary/aromatic N) is 4. The lowest BCUT2D eigenvalue weighted by atomic mass is 9.99. The average molecular weight is 566 g/mol. The van der Waals surface area contributed by atoms with Crippen LogP contribution in [0, 0.1) is 6.92 Å². The van der Waals surface area contributed by atoms with Crippen LogP contribution in [-0.2, 0) is 11.3 Å². The molecular weight excluding hydrogens is 526 g/mol. The highest BCUT2D eigenvalue weighted by Gasteiger charge is 2.24. The molecule has 3 heterocycles. The van der Waals surface area contributed by atoms with Crippen LogP contribution in [0.3, 0.4) is 0 Å². The van der Waals surface area contributed by atoms with E-state index in [1.807, 2.05) is 81.3 Å². The predicted molar refractivity (Wildman–Crippen MR) is 165 cm³/mol. The first kappa shape index (κ1) is 29.2. The average Bonchev–Trinajstić information content (AvgIpc) is 3.38. The highest BCUT2D eigenvalue weighted by atomic mass is 16.6. The zero-order valence-electron chi connectivity index (χ0n) is 25.1. The molecule has 0 aliphatic carbocycles. The van der Waals surface area contributed by atoms with Gasteiger partial charge in [0.25, 0.3) is 0 Å². The number of ether oxygens (including phenoxy) is 1. The molecule has 1 unspecified atom stereocenters. The van der Waals surface area contributed by atoms with E-state index in [1.54, 1.807) is 6.92 Å². The number of nitrogens with one attached hydrogen (secondary N) is 1. The highest BCUT2D eigenvalue weighted by molar-refractivity contribution is 5.95. The van der Waals surface area contributed by atoms with Gasteiger partial charge in [-0.2, -0.15) is 0 Å². The van der Waals surface area contributed by atoms with Crippen LogP contribution in [0.1, 0.15) is 62.2 Å². The van der Waals surface area contributed by atoms with Gasteiger partial charge in [0.2, 0.25) is 0 Å². The fourth-order valence-corrected chi connectivity index (χ4v) is 5.36. The molecule has 1 fully saturated rings. The third-order valence-electron chi connectivity index (χ3n) is 7.28. The van der Waals surface area contributed by atoms with Crippen LogP contribution < -0.4 is 5.32 Å². The topological polar surface area (TPSA) is 89.4 Å². The van der Waals surface area contributed by atoms with Crippen molar-refractivity contribution in [3.05, 3.63) is 90.1 Å². The Kier molecular flexibility index (Phi) is 8.54. The van der Waals surface area contributed by atoms with Crippen molar-refractivity contribution >= 4 is 11.9 Å². The maximum Gasteiger partial charge on any atom is 0.407 e. The van der Waals surface area contributed by atoms with Gasteiger partial charge in [0.15, 0.2) is 5.78 Å². The van der Waals surface area contributed by atoms with Gasteiger partial charge in [-0.3, -0.25) is 14.7 Å². The fraction of sp³-hybridized carbons (Fsp3) is 0.353. The molecule has 0 radical (unpaired) electrons. The Balaban J connectivity index is 1.42. The predicted octanol–water partition coefficient (Wildman–Crippen LogP) is 6.60. The van der Waals surface area contributed by atoms with Gasteiger partial charge in [-0.25, -0.2) is 9.78 Å².